The number of rotatable bonds is 6. The second-order valence-electron chi connectivity index (χ2n) is 10.0. The lowest BCUT2D eigenvalue weighted by molar-refractivity contribution is -0.164. The van der Waals surface area contributed by atoms with E-state index in [4.69, 9.17) is 9.47 Å². The van der Waals surface area contributed by atoms with Gasteiger partial charge in [0.25, 0.3) is 5.91 Å². The number of benzene rings is 1. The third-order valence-electron chi connectivity index (χ3n) is 7.43. The van der Waals surface area contributed by atoms with Crippen molar-refractivity contribution in [2.24, 2.45) is 0 Å². The van der Waals surface area contributed by atoms with Crippen molar-refractivity contribution in [2.75, 3.05) is 6.61 Å². The third kappa shape index (κ3) is 5.13. The molecular formula is C28H32N4O6. The van der Waals surface area contributed by atoms with E-state index < -0.39 is 36.3 Å². The van der Waals surface area contributed by atoms with E-state index in [2.05, 4.69) is 15.6 Å². The Labute approximate surface area is 220 Å². The molecule has 0 spiro atoms. The van der Waals surface area contributed by atoms with E-state index in [0.717, 1.165) is 11.0 Å². The van der Waals surface area contributed by atoms with Gasteiger partial charge in [0.05, 0.1) is 6.42 Å². The fraction of sp³-hybridized carbons (Fsp3) is 0.464. The van der Waals surface area contributed by atoms with Gasteiger partial charge < -0.3 is 25.0 Å². The number of carbonyl (C=O) groups is 4. The van der Waals surface area contributed by atoms with Crippen LogP contribution >= 0.6 is 0 Å². The molecule has 0 radical (unpaired) electrons. The number of fused-ring (bicyclic) bond motifs is 2. The van der Waals surface area contributed by atoms with Crippen molar-refractivity contribution >= 4 is 34.5 Å². The fourth-order valence-electron chi connectivity index (χ4n) is 5.62. The third-order valence-corrected chi connectivity index (χ3v) is 7.43. The molecule has 10 heteroatoms. The number of ether oxygens (including phenoxy) is 2. The van der Waals surface area contributed by atoms with Gasteiger partial charge in [-0.3, -0.25) is 24.2 Å². The first-order chi connectivity index (χ1) is 18.4. The summed E-state index contributed by atoms with van der Waals surface area (Å²) in [6.07, 6.45) is 4.85. The summed E-state index contributed by atoms with van der Waals surface area (Å²) in [4.78, 5) is 58.3. The molecule has 2 unspecified atom stereocenters. The van der Waals surface area contributed by atoms with Crippen molar-refractivity contribution in [1.82, 2.24) is 20.5 Å². The van der Waals surface area contributed by atoms with Crippen molar-refractivity contribution in [3.05, 3.63) is 53.9 Å². The predicted molar refractivity (Wildman–Crippen MR) is 138 cm³/mol. The number of carbonyl (C=O) groups excluding carboxylic acids is 4. The first-order valence-electron chi connectivity index (χ1n) is 13.1. The van der Waals surface area contributed by atoms with E-state index in [9.17, 15) is 19.2 Å². The summed E-state index contributed by atoms with van der Waals surface area (Å²) in [5.74, 6) is -1.53. The van der Waals surface area contributed by atoms with E-state index >= 15 is 0 Å². The van der Waals surface area contributed by atoms with Crippen LogP contribution in [0.1, 0.15) is 56.4 Å². The molecule has 2 aromatic rings. The molecule has 4 heterocycles. The maximum absolute atomic E-state index is 13.9. The van der Waals surface area contributed by atoms with Gasteiger partial charge in [0.15, 0.2) is 0 Å². The largest absolute Gasteiger partial charge is 0.433 e. The molecule has 5 rings (SSSR count). The molecule has 1 aromatic heterocycles. The number of esters is 1. The molecule has 0 saturated carbocycles. The van der Waals surface area contributed by atoms with Crippen LogP contribution in [0.2, 0.25) is 0 Å². The highest BCUT2D eigenvalue weighted by Crippen LogP contribution is 2.32. The lowest BCUT2D eigenvalue weighted by Gasteiger charge is -2.35. The molecule has 0 bridgehead atoms. The van der Waals surface area contributed by atoms with E-state index in [1.807, 2.05) is 43.3 Å². The van der Waals surface area contributed by atoms with Gasteiger partial charge in [-0.2, -0.15) is 0 Å². The number of hydrogen-bond donors (Lipinski definition) is 2. The summed E-state index contributed by atoms with van der Waals surface area (Å²) in [6.45, 7) is 4.11. The monoisotopic (exact) mass is 520 g/mol. The average molecular weight is 521 g/mol. The van der Waals surface area contributed by atoms with Gasteiger partial charge in [0.2, 0.25) is 18.1 Å². The second-order valence-corrected chi connectivity index (χ2v) is 10.0. The van der Waals surface area contributed by atoms with Gasteiger partial charge in [-0.25, -0.2) is 0 Å². The van der Waals surface area contributed by atoms with Crippen LogP contribution in [0.4, 0.5) is 0 Å². The Hall–Kier alpha value is -3.79. The number of cyclic esters (lactones) is 1. The van der Waals surface area contributed by atoms with Crippen LogP contribution in [-0.4, -0.2) is 70.6 Å². The molecule has 38 heavy (non-hydrogen) atoms. The smallest absolute Gasteiger partial charge is 0.310 e. The zero-order valence-electron chi connectivity index (χ0n) is 21.5. The van der Waals surface area contributed by atoms with Crippen molar-refractivity contribution in [1.29, 1.82) is 0 Å². The molecule has 5 atom stereocenters. The number of hydrogen-bond acceptors (Lipinski definition) is 7. The van der Waals surface area contributed by atoms with Crippen LogP contribution in [0.5, 0.6) is 0 Å². The molecule has 2 N–H and O–H groups in total. The standard InChI is InChI=1S/C28H32N4O6/c1-3-37-28-21(15-23(33)38-28)31-25(34)22-11-9-18-14-16(2)8-10-20(27(36)32(18)22)30-26(35)24-19-7-5-4-6-17(19)12-13-29-24/h4-8,12-13,18,20-22,28H,3,9-11,14-15H2,1-2H3,(H,30,35)(H,31,34)/t18-,20-,21?,22-,28?/m0/s1. The minimum Gasteiger partial charge on any atom is -0.433 e. The number of nitrogens with one attached hydrogen (secondary N) is 2. The molecule has 0 aliphatic carbocycles. The van der Waals surface area contributed by atoms with Crippen LogP contribution in [0.25, 0.3) is 10.8 Å². The molecule has 10 nitrogen and oxygen atoms in total. The minimum atomic E-state index is -0.845. The van der Waals surface area contributed by atoms with Gasteiger partial charge in [0.1, 0.15) is 23.8 Å². The van der Waals surface area contributed by atoms with E-state index in [-0.39, 0.29) is 30.0 Å². The SMILES string of the molecule is CCOC1OC(=O)CC1NC(=O)[C@@H]1CC[C@H]2CC(C)=CC[C@H](NC(=O)c3nccc4ccccc34)C(=O)N21. The number of nitrogens with zero attached hydrogens (tertiary/aromatic N) is 2. The molecule has 3 amide bonds. The zero-order valence-corrected chi connectivity index (χ0v) is 21.5. The Morgan fingerprint density at radius 1 is 1.13 bits per heavy atom. The van der Waals surface area contributed by atoms with Crippen LogP contribution in [0.15, 0.2) is 48.2 Å². The van der Waals surface area contributed by atoms with Crippen LogP contribution in [0.3, 0.4) is 0 Å². The average Bonchev–Trinajstić information content (AvgIpc) is 3.47. The fourth-order valence-corrected chi connectivity index (χ4v) is 5.62. The summed E-state index contributed by atoms with van der Waals surface area (Å²) >= 11 is 0. The van der Waals surface area contributed by atoms with Gasteiger partial charge in [-0.1, -0.05) is 35.9 Å². The van der Waals surface area contributed by atoms with Gasteiger partial charge >= 0.3 is 5.97 Å². The molecule has 3 aliphatic heterocycles. The van der Waals surface area contributed by atoms with Crippen molar-refractivity contribution < 1.29 is 28.7 Å². The zero-order chi connectivity index (χ0) is 26.8. The first kappa shape index (κ1) is 25.8. The van der Waals surface area contributed by atoms with Crippen LogP contribution in [-0.2, 0) is 23.9 Å². The lowest BCUT2D eigenvalue weighted by Crippen LogP contribution is -2.57. The van der Waals surface area contributed by atoms with Crippen molar-refractivity contribution in [2.45, 2.75) is 76.4 Å². The van der Waals surface area contributed by atoms with Gasteiger partial charge in [0, 0.05) is 24.2 Å². The van der Waals surface area contributed by atoms with Crippen molar-refractivity contribution in [3.63, 3.8) is 0 Å². The highest BCUT2D eigenvalue weighted by atomic mass is 16.7. The lowest BCUT2D eigenvalue weighted by atomic mass is 9.99. The van der Waals surface area contributed by atoms with Gasteiger partial charge in [-0.05, 0) is 51.0 Å². The first-order valence-corrected chi connectivity index (χ1v) is 13.1. The summed E-state index contributed by atoms with van der Waals surface area (Å²) < 4.78 is 10.6. The quantitative estimate of drug-likeness (QED) is 0.442. The topological polar surface area (TPSA) is 127 Å². The molecule has 200 valence electrons. The Morgan fingerprint density at radius 2 is 1.95 bits per heavy atom. The summed E-state index contributed by atoms with van der Waals surface area (Å²) in [5, 5.41) is 7.34. The Bertz CT molecular complexity index is 1290. The van der Waals surface area contributed by atoms with E-state index in [0.29, 0.717) is 37.7 Å². The minimum absolute atomic E-state index is 0.0130. The molecule has 2 saturated heterocycles. The maximum atomic E-state index is 13.9. The Kier molecular flexibility index (Phi) is 7.42. The molecule has 1 aromatic carbocycles. The molecule has 2 fully saturated rings. The molecule has 3 aliphatic rings. The van der Waals surface area contributed by atoms with Crippen LogP contribution in [0, 0.1) is 0 Å². The summed E-state index contributed by atoms with van der Waals surface area (Å²) in [6, 6.07) is 6.94. The summed E-state index contributed by atoms with van der Waals surface area (Å²) in [7, 11) is 0. The second kappa shape index (κ2) is 10.9. The van der Waals surface area contributed by atoms with Gasteiger partial charge in [-0.15, -0.1) is 0 Å². The maximum Gasteiger partial charge on any atom is 0.310 e. The van der Waals surface area contributed by atoms with E-state index in [1.165, 1.54) is 0 Å². The highest BCUT2D eigenvalue weighted by Gasteiger charge is 2.46. The Balaban J connectivity index is 1.36. The number of amides is 3. The number of aromatic nitrogens is 1. The normalized spacial score (nSPS) is 27.3. The predicted octanol–water partition coefficient (Wildman–Crippen LogP) is 2.23. The summed E-state index contributed by atoms with van der Waals surface area (Å²) in [5.41, 5.74) is 1.35. The van der Waals surface area contributed by atoms with E-state index in [1.54, 1.807) is 18.0 Å². The number of pyridine rings is 1. The van der Waals surface area contributed by atoms with Crippen molar-refractivity contribution in [3.8, 4) is 0 Å². The molecular weight excluding hydrogens is 488 g/mol. The Morgan fingerprint density at radius 3 is 2.76 bits per heavy atom. The highest BCUT2D eigenvalue weighted by molar-refractivity contribution is 6.06. The van der Waals surface area contributed by atoms with Crippen LogP contribution < -0.4 is 10.6 Å².